The number of amides is 1. The van der Waals surface area contributed by atoms with Crippen LogP contribution in [-0.4, -0.2) is 19.3 Å². The van der Waals surface area contributed by atoms with Gasteiger partial charge >= 0.3 is 0 Å². The molecule has 0 unspecified atom stereocenters. The smallest absolute Gasteiger partial charge is 0.251 e. The summed E-state index contributed by atoms with van der Waals surface area (Å²) >= 11 is 1.61. The van der Waals surface area contributed by atoms with Crippen LogP contribution < -0.4 is 10.5 Å². The first-order chi connectivity index (χ1) is 11.9. The molecule has 0 aliphatic carbocycles. The van der Waals surface area contributed by atoms with Gasteiger partial charge in [-0.25, -0.2) is 13.6 Å². The van der Waals surface area contributed by atoms with E-state index in [0.717, 1.165) is 16.7 Å². The zero-order valence-corrected chi connectivity index (χ0v) is 14.7. The highest BCUT2D eigenvalue weighted by Gasteiger charge is 2.10. The van der Waals surface area contributed by atoms with Crippen LogP contribution in [0.15, 0.2) is 64.4 Å². The largest absolute Gasteiger partial charge is 0.348 e. The molecule has 0 fully saturated rings. The fraction of sp³-hybridized carbons (Fsp3) is 0.0588. The molecule has 0 atom stereocenters. The molecule has 0 saturated heterocycles. The number of nitrogens with two attached hydrogens (primary N) is 1. The molecular weight excluding hydrogens is 358 g/mol. The van der Waals surface area contributed by atoms with E-state index in [9.17, 15) is 13.2 Å². The van der Waals surface area contributed by atoms with E-state index in [4.69, 9.17) is 5.14 Å². The van der Waals surface area contributed by atoms with Gasteiger partial charge in [-0.05, 0) is 58.3 Å². The van der Waals surface area contributed by atoms with Crippen molar-refractivity contribution in [1.29, 1.82) is 0 Å². The Kier molecular flexibility index (Phi) is 4.93. The van der Waals surface area contributed by atoms with Gasteiger partial charge in [0, 0.05) is 30.1 Å². The minimum Gasteiger partial charge on any atom is -0.348 e. The van der Waals surface area contributed by atoms with Crippen molar-refractivity contribution in [2.75, 3.05) is 0 Å². The molecule has 25 heavy (non-hydrogen) atoms. The molecule has 0 aliphatic rings. The second kappa shape index (κ2) is 7.14. The van der Waals surface area contributed by atoms with Crippen molar-refractivity contribution in [1.82, 2.24) is 10.3 Å². The summed E-state index contributed by atoms with van der Waals surface area (Å²) in [5.41, 5.74) is 3.31. The van der Waals surface area contributed by atoms with E-state index in [0.29, 0.717) is 12.1 Å². The number of nitrogens with zero attached hydrogens (tertiary/aromatic N) is 1. The van der Waals surface area contributed by atoms with E-state index in [2.05, 4.69) is 10.3 Å². The van der Waals surface area contributed by atoms with Crippen molar-refractivity contribution in [2.24, 2.45) is 5.14 Å². The molecular formula is C17H15N3O3S2. The van der Waals surface area contributed by atoms with Gasteiger partial charge in [0.15, 0.2) is 0 Å². The van der Waals surface area contributed by atoms with Gasteiger partial charge in [0.1, 0.15) is 0 Å². The second-order valence-corrected chi connectivity index (χ2v) is 7.69. The summed E-state index contributed by atoms with van der Waals surface area (Å²) in [6.07, 6.45) is 3.47. The Morgan fingerprint density at radius 2 is 1.88 bits per heavy atom. The molecule has 8 heteroatoms. The van der Waals surface area contributed by atoms with E-state index in [1.54, 1.807) is 23.7 Å². The maximum Gasteiger partial charge on any atom is 0.251 e. The van der Waals surface area contributed by atoms with Gasteiger partial charge in [-0.15, -0.1) is 0 Å². The minimum absolute atomic E-state index is 0.0308. The first-order valence-electron chi connectivity index (χ1n) is 7.31. The summed E-state index contributed by atoms with van der Waals surface area (Å²) in [6, 6.07) is 9.45. The zero-order valence-electron chi connectivity index (χ0n) is 13.0. The fourth-order valence-corrected chi connectivity index (χ4v) is 3.43. The van der Waals surface area contributed by atoms with Crippen LogP contribution >= 0.6 is 11.3 Å². The maximum absolute atomic E-state index is 12.2. The number of sulfonamides is 1. The summed E-state index contributed by atoms with van der Waals surface area (Å²) < 4.78 is 22.5. The van der Waals surface area contributed by atoms with E-state index < -0.39 is 10.0 Å². The third kappa shape index (κ3) is 4.30. The molecule has 1 aromatic carbocycles. The molecule has 3 rings (SSSR count). The fourth-order valence-electron chi connectivity index (χ4n) is 2.25. The topological polar surface area (TPSA) is 102 Å². The van der Waals surface area contributed by atoms with E-state index in [-0.39, 0.29) is 10.8 Å². The van der Waals surface area contributed by atoms with Gasteiger partial charge in [-0.1, -0.05) is 0 Å². The SMILES string of the molecule is NS(=O)(=O)c1ccc(C(=O)NCc2cncc(-c3ccsc3)c2)cc1. The van der Waals surface area contributed by atoms with Gasteiger partial charge < -0.3 is 5.32 Å². The first-order valence-corrected chi connectivity index (χ1v) is 9.80. The van der Waals surface area contributed by atoms with Crippen molar-refractivity contribution in [3.8, 4) is 11.1 Å². The number of hydrogen-bond donors (Lipinski definition) is 2. The van der Waals surface area contributed by atoms with Crippen molar-refractivity contribution >= 4 is 27.3 Å². The Balaban J connectivity index is 1.67. The molecule has 0 bridgehead atoms. The summed E-state index contributed by atoms with van der Waals surface area (Å²) in [5, 5.41) is 11.9. The lowest BCUT2D eigenvalue weighted by Crippen LogP contribution is -2.23. The molecule has 0 aliphatic heterocycles. The molecule has 6 nitrogen and oxygen atoms in total. The number of rotatable bonds is 5. The van der Waals surface area contributed by atoms with Crippen LogP contribution in [0, 0.1) is 0 Å². The number of thiophene rings is 1. The Bertz CT molecular complexity index is 982. The van der Waals surface area contributed by atoms with Gasteiger partial charge in [0.05, 0.1) is 4.90 Å². The normalized spacial score (nSPS) is 11.2. The standard InChI is InChI=1S/C17H15N3O3S2/c18-25(22,23)16-3-1-13(2-4-16)17(21)20-9-12-7-15(10-19-8-12)14-5-6-24-11-14/h1-8,10-11H,9H2,(H,20,21)(H2,18,22,23). The van der Waals surface area contributed by atoms with Crippen LogP contribution in [0.2, 0.25) is 0 Å². The molecule has 0 spiro atoms. The molecule has 128 valence electrons. The third-order valence-electron chi connectivity index (χ3n) is 3.55. The number of primary sulfonamides is 1. The number of carbonyl (C=O) groups excluding carboxylic acids is 1. The van der Waals surface area contributed by atoms with Crippen LogP contribution in [0.5, 0.6) is 0 Å². The lowest BCUT2D eigenvalue weighted by molar-refractivity contribution is 0.0951. The monoisotopic (exact) mass is 373 g/mol. The summed E-state index contributed by atoms with van der Waals surface area (Å²) in [6.45, 7) is 0.320. The molecule has 3 aromatic rings. The average Bonchev–Trinajstić information content (AvgIpc) is 3.14. The van der Waals surface area contributed by atoms with Crippen molar-refractivity contribution in [3.05, 3.63) is 70.7 Å². The van der Waals surface area contributed by atoms with Gasteiger partial charge in [-0.2, -0.15) is 11.3 Å². The van der Waals surface area contributed by atoms with Gasteiger partial charge in [0.25, 0.3) is 5.91 Å². The highest BCUT2D eigenvalue weighted by Crippen LogP contribution is 2.21. The molecule has 0 saturated carbocycles. The van der Waals surface area contributed by atoms with Crippen LogP contribution in [-0.2, 0) is 16.6 Å². The predicted molar refractivity (Wildman–Crippen MR) is 96.5 cm³/mol. The van der Waals surface area contributed by atoms with Crippen LogP contribution in [0.25, 0.3) is 11.1 Å². The highest BCUT2D eigenvalue weighted by atomic mass is 32.2. The zero-order chi connectivity index (χ0) is 17.9. The third-order valence-corrected chi connectivity index (χ3v) is 5.16. The van der Waals surface area contributed by atoms with Gasteiger partial charge in [0.2, 0.25) is 10.0 Å². The molecule has 2 heterocycles. The molecule has 0 radical (unpaired) electrons. The lowest BCUT2D eigenvalue weighted by Gasteiger charge is -2.07. The Labute approximate surface area is 149 Å². The van der Waals surface area contributed by atoms with Crippen LogP contribution in [0.4, 0.5) is 0 Å². The summed E-state index contributed by atoms with van der Waals surface area (Å²) in [5.74, 6) is -0.304. The Morgan fingerprint density at radius 1 is 1.12 bits per heavy atom. The highest BCUT2D eigenvalue weighted by molar-refractivity contribution is 7.89. The quantitative estimate of drug-likeness (QED) is 0.717. The predicted octanol–water partition coefficient (Wildman–Crippen LogP) is 2.39. The average molecular weight is 373 g/mol. The lowest BCUT2D eigenvalue weighted by atomic mass is 10.1. The van der Waals surface area contributed by atoms with E-state index in [1.807, 2.05) is 22.9 Å². The van der Waals surface area contributed by atoms with E-state index in [1.165, 1.54) is 24.3 Å². The Morgan fingerprint density at radius 3 is 2.52 bits per heavy atom. The molecule has 1 amide bonds. The molecule has 2 aromatic heterocycles. The van der Waals surface area contributed by atoms with Crippen LogP contribution in [0.3, 0.4) is 0 Å². The number of nitrogens with one attached hydrogen (secondary N) is 1. The summed E-state index contributed by atoms with van der Waals surface area (Å²) in [4.78, 5) is 16.4. The maximum atomic E-state index is 12.2. The summed E-state index contributed by atoms with van der Waals surface area (Å²) in [7, 11) is -3.77. The number of pyridine rings is 1. The van der Waals surface area contributed by atoms with Crippen LogP contribution in [0.1, 0.15) is 15.9 Å². The van der Waals surface area contributed by atoms with Gasteiger partial charge in [-0.3, -0.25) is 9.78 Å². The first kappa shape index (κ1) is 17.3. The number of benzene rings is 1. The van der Waals surface area contributed by atoms with Crippen molar-refractivity contribution < 1.29 is 13.2 Å². The van der Waals surface area contributed by atoms with E-state index >= 15 is 0 Å². The molecule has 3 N–H and O–H groups in total. The number of aromatic nitrogens is 1. The minimum atomic E-state index is -3.77. The van der Waals surface area contributed by atoms with Crippen molar-refractivity contribution in [2.45, 2.75) is 11.4 Å². The number of hydrogen-bond acceptors (Lipinski definition) is 5. The van der Waals surface area contributed by atoms with Crippen molar-refractivity contribution in [3.63, 3.8) is 0 Å². The number of carbonyl (C=O) groups is 1. The second-order valence-electron chi connectivity index (χ2n) is 5.35. The Hall–Kier alpha value is -2.55.